The van der Waals surface area contributed by atoms with Gasteiger partial charge in [-0.1, -0.05) is 12.1 Å². The smallest absolute Gasteiger partial charge is 0.193 e. The Morgan fingerprint density at radius 1 is 1.33 bits per heavy atom. The topological polar surface area (TPSA) is 46.1 Å². The number of morpholine rings is 1. The summed E-state index contributed by atoms with van der Waals surface area (Å²) in [5, 5.41) is 3.58. The molecule has 1 aromatic rings. The molecule has 1 heterocycles. The lowest BCUT2D eigenvalue weighted by molar-refractivity contribution is -0.0605. The van der Waals surface area contributed by atoms with Crippen molar-refractivity contribution in [1.29, 1.82) is 0 Å². The van der Waals surface area contributed by atoms with E-state index in [1.54, 1.807) is 12.1 Å². The average molecular weight is 378 g/mol. The van der Waals surface area contributed by atoms with Crippen LogP contribution in [-0.2, 0) is 9.47 Å². The van der Waals surface area contributed by atoms with Crippen LogP contribution in [0.25, 0.3) is 0 Å². The van der Waals surface area contributed by atoms with Crippen molar-refractivity contribution in [2.45, 2.75) is 45.3 Å². The molecule has 2 atom stereocenters. The predicted molar refractivity (Wildman–Crippen MR) is 105 cm³/mol. The highest BCUT2D eigenvalue weighted by Crippen LogP contribution is 2.48. The van der Waals surface area contributed by atoms with Gasteiger partial charge in [-0.15, -0.1) is 0 Å². The monoisotopic (exact) mass is 377 g/mol. The lowest BCUT2D eigenvalue weighted by Crippen LogP contribution is -2.51. The van der Waals surface area contributed by atoms with E-state index in [0.29, 0.717) is 12.0 Å². The van der Waals surface area contributed by atoms with Gasteiger partial charge in [-0.05, 0) is 56.2 Å². The maximum absolute atomic E-state index is 13.2. The fourth-order valence-electron chi connectivity index (χ4n) is 3.71. The van der Waals surface area contributed by atoms with Crippen LogP contribution >= 0.6 is 0 Å². The molecule has 150 valence electrons. The summed E-state index contributed by atoms with van der Waals surface area (Å²) in [6.07, 6.45) is 3.60. The number of hydrogen-bond acceptors (Lipinski definition) is 3. The Bertz CT molecular complexity index is 631. The Kier molecular flexibility index (Phi) is 6.71. The van der Waals surface area contributed by atoms with Gasteiger partial charge >= 0.3 is 0 Å². The normalized spacial score (nSPS) is 24.7. The summed E-state index contributed by atoms with van der Waals surface area (Å²) in [4.78, 5) is 6.75. The summed E-state index contributed by atoms with van der Waals surface area (Å²) in [6, 6.07) is 6.59. The van der Waals surface area contributed by atoms with Gasteiger partial charge in [0.15, 0.2) is 5.96 Å². The highest BCUT2D eigenvalue weighted by Gasteiger charge is 2.42. The number of nitrogens with zero attached hydrogens (tertiary/aromatic N) is 2. The van der Waals surface area contributed by atoms with Crippen LogP contribution in [0.4, 0.5) is 4.39 Å². The molecule has 0 bridgehead atoms. The first-order valence-electron chi connectivity index (χ1n) is 9.99. The van der Waals surface area contributed by atoms with E-state index in [2.05, 4.69) is 22.1 Å². The molecule has 3 rings (SSSR count). The molecule has 1 saturated heterocycles. The van der Waals surface area contributed by atoms with E-state index in [1.165, 1.54) is 25.0 Å². The molecule has 0 amide bonds. The number of halogens is 1. The van der Waals surface area contributed by atoms with Crippen LogP contribution in [0.2, 0.25) is 0 Å². The lowest BCUT2D eigenvalue weighted by atomic mass is 10.0. The summed E-state index contributed by atoms with van der Waals surface area (Å²) >= 11 is 0. The second-order valence-electron chi connectivity index (χ2n) is 7.74. The fraction of sp³-hybridized carbons (Fsp3) is 0.667. The standard InChI is InChI=1S/C21H32FN3O2/c1-4-26-12-11-21(9-10-21)15-24-20(23-3)25-13-16(2)27-19(14-25)17-5-7-18(22)8-6-17/h5-8,16,19H,4,9-15H2,1-3H3,(H,23,24). The molecule has 5 nitrogen and oxygen atoms in total. The third-order valence-corrected chi connectivity index (χ3v) is 5.57. The fourth-order valence-corrected chi connectivity index (χ4v) is 3.71. The molecule has 2 aliphatic rings. The molecule has 0 aromatic heterocycles. The van der Waals surface area contributed by atoms with Gasteiger partial charge < -0.3 is 19.7 Å². The molecular weight excluding hydrogens is 345 g/mol. The van der Waals surface area contributed by atoms with Gasteiger partial charge in [0.25, 0.3) is 0 Å². The quantitative estimate of drug-likeness (QED) is 0.450. The van der Waals surface area contributed by atoms with Crippen LogP contribution in [0, 0.1) is 11.2 Å². The maximum Gasteiger partial charge on any atom is 0.193 e. The lowest BCUT2D eigenvalue weighted by Gasteiger charge is -2.39. The van der Waals surface area contributed by atoms with Crippen molar-refractivity contribution in [3.05, 3.63) is 35.6 Å². The predicted octanol–water partition coefficient (Wildman–Crippen LogP) is 3.37. The summed E-state index contributed by atoms with van der Waals surface area (Å²) in [6.45, 7) is 8.15. The van der Waals surface area contributed by atoms with Gasteiger partial charge in [-0.3, -0.25) is 4.99 Å². The minimum absolute atomic E-state index is 0.0826. The van der Waals surface area contributed by atoms with E-state index in [9.17, 15) is 4.39 Å². The molecule has 1 N–H and O–H groups in total. The summed E-state index contributed by atoms with van der Waals surface area (Å²) in [7, 11) is 1.83. The van der Waals surface area contributed by atoms with E-state index in [1.807, 2.05) is 14.0 Å². The number of aliphatic imine (C=N–C) groups is 1. The molecule has 1 saturated carbocycles. The Balaban J connectivity index is 1.58. The first-order valence-corrected chi connectivity index (χ1v) is 9.99. The van der Waals surface area contributed by atoms with Crippen molar-refractivity contribution < 1.29 is 13.9 Å². The first kappa shape index (κ1) is 20.1. The van der Waals surface area contributed by atoms with Crippen LogP contribution in [0.3, 0.4) is 0 Å². The van der Waals surface area contributed by atoms with Crippen LogP contribution in [0.5, 0.6) is 0 Å². The second kappa shape index (κ2) is 9.02. The maximum atomic E-state index is 13.2. The molecule has 6 heteroatoms. The zero-order valence-electron chi connectivity index (χ0n) is 16.7. The van der Waals surface area contributed by atoms with Crippen LogP contribution in [-0.4, -0.2) is 56.9 Å². The third-order valence-electron chi connectivity index (χ3n) is 5.57. The van der Waals surface area contributed by atoms with Gasteiger partial charge in [-0.2, -0.15) is 0 Å². The minimum atomic E-state index is -0.223. The van der Waals surface area contributed by atoms with Gasteiger partial charge in [-0.25, -0.2) is 4.39 Å². The molecule has 0 spiro atoms. The number of guanidine groups is 1. The molecule has 0 radical (unpaired) electrons. The van der Waals surface area contributed by atoms with Gasteiger partial charge in [0, 0.05) is 33.4 Å². The van der Waals surface area contributed by atoms with Crippen molar-refractivity contribution in [2.75, 3.05) is 39.9 Å². The van der Waals surface area contributed by atoms with Gasteiger partial charge in [0.1, 0.15) is 11.9 Å². The average Bonchev–Trinajstić information content (AvgIpc) is 3.43. The van der Waals surface area contributed by atoms with E-state index < -0.39 is 0 Å². The zero-order chi connectivity index (χ0) is 19.3. The highest BCUT2D eigenvalue weighted by molar-refractivity contribution is 5.80. The Hall–Kier alpha value is -1.66. The summed E-state index contributed by atoms with van der Waals surface area (Å²) in [5.74, 6) is 0.693. The Morgan fingerprint density at radius 3 is 2.70 bits per heavy atom. The molecule has 27 heavy (non-hydrogen) atoms. The van der Waals surface area contributed by atoms with Crippen molar-refractivity contribution >= 4 is 5.96 Å². The molecule has 1 aromatic carbocycles. The largest absolute Gasteiger partial charge is 0.382 e. The molecule has 2 fully saturated rings. The number of nitrogens with one attached hydrogen (secondary N) is 1. The SMILES string of the molecule is CCOCCC1(CNC(=NC)N2CC(C)OC(c3ccc(F)cc3)C2)CC1. The molecular formula is C21H32FN3O2. The van der Waals surface area contributed by atoms with E-state index in [-0.39, 0.29) is 18.0 Å². The van der Waals surface area contributed by atoms with Gasteiger partial charge in [0.2, 0.25) is 0 Å². The highest BCUT2D eigenvalue weighted by atomic mass is 19.1. The second-order valence-corrected chi connectivity index (χ2v) is 7.74. The summed E-state index contributed by atoms with van der Waals surface area (Å²) in [5.41, 5.74) is 1.36. The first-order chi connectivity index (χ1) is 13.0. The van der Waals surface area contributed by atoms with E-state index in [4.69, 9.17) is 9.47 Å². The Morgan fingerprint density at radius 2 is 2.07 bits per heavy atom. The van der Waals surface area contributed by atoms with Gasteiger partial charge in [0.05, 0.1) is 12.6 Å². The third kappa shape index (κ3) is 5.42. The molecule has 2 unspecified atom stereocenters. The minimum Gasteiger partial charge on any atom is -0.382 e. The van der Waals surface area contributed by atoms with Crippen molar-refractivity contribution in [3.8, 4) is 0 Å². The van der Waals surface area contributed by atoms with Crippen LogP contribution in [0.15, 0.2) is 29.3 Å². The summed E-state index contributed by atoms with van der Waals surface area (Å²) < 4.78 is 24.9. The molecule has 1 aliphatic heterocycles. The number of hydrogen-bond donors (Lipinski definition) is 1. The van der Waals surface area contributed by atoms with Crippen molar-refractivity contribution in [1.82, 2.24) is 10.2 Å². The van der Waals surface area contributed by atoms with E-state index in [0.717, 1.165) is 44.2 Å². The van der Waals surface area contributed by atoms with Crippen LogP contribution < -0.4 is 5.32 Å². The number of benzene rings is 1. The zero-order valence-corrected chi connectivity index (χ0v) is 16.7. The number of rotatable bonds is 7. The number of ether oxygens (including phenoxy) is 2. The van der Waals surface area contributed by atoms with Crippen molar-refractivity contribution in [3.63, 3.8) is 0 Å². The van der Waals surface area contributed by atoms with Crippen molar-refractivity contribution in [2.24, 2.45) is 10.4 Å². The Labute approximate surface area is 161 Å². The van der Waals surface area contributed by atoms with E-state index >= 15 is 0 Å². The van der Waals surface area contributed by atoms with Crippen LogP contribution in [0.1, 0.15) is 44.8 Å². The molecule has 1 aliphatic carbocycles.